The van der Waals surface area contributed by atoms with E-state index in [1.165, 1.54) is 0 Å². The van der Waals surface area contributed by atoms with Gasteiger partial charge in [-0.3, -0.25) is 0 Å². The molecule has 5 heteroatoms. The van der Waals surface area contributed by atoms with Gasteiger partial charge in [0, 0.05) is 6.54 Å². The van der Waals surface area contributed by atoms with Crippen molar-refractivity contribution >= 4 is 34.2 Å². The van der Waals surface area contributed by atoms with Gasteiger partial charge < -0.3 is 4.57 Å². The van der Waals surface area contributed by atoms with Gasteiger partial charge in [-0.05, 0) is 29.8 Å². The molecule has 1 aromatic heterocycles. The van der Waals surface area contributed by atoms with Crippen LogP contribution in [0.25, 0.3) is 11.0 Å². The highest BCUT2D eigenvalue weighted by atomic mass is 35.5. The number of hydrogen-bond donors (Lipinski definition) is 0. The lowest BCUT2D eigenvalue weighted by Gasteiger charge is -2.08. The molecule has 0 radical (unpaired) electrons. The Kier molecular flexibility index (Phi) is 3.83. The molecule has 1 heterocycles. The first-order chi connectivity index (χ1) is 10.2. The molecular formula is C16H11Cl2N3. The lowest BCUT2D eigenvalue weighted by Crippen LogP contribution is -2.04. The summed E-state index contributed by atoms with van der Waals surface area (Å²) < 4.78 is 2.03. The van der Waals surface area contributed by atoms with Gasteiger partial charge in [0.25, 0.3) is 0 Å². The van der Waals surface area contributed by atoms with E-state index in [2.05, 4.69) is 11.1 Å². The first-order valence-electron chi connectivity index (χ1n) is 6.41. The van der Waals surface area contributed by atoms with E-state index in [4.69, 9.17) is 28.5 Å². The predicted octanol–water partition coefficient (Wildman–Crippen LogP) is 4.35. The Labute approximate surface area is 132 Å². The lowest BCUT2D eigenvalue weighted by molar-refractivity contribution is 0.778. The summed E-state index contributed by atoms with van der Waals surface area (Å²) >= 11 is 12.2. The third-order valence-electron chi connectivity index (χ3n) is 3.33. The summed E-state index contributed by atoms with van der Waals surface area (Å²) in [6.45, 7) is 0.606. The molecule has 3 aromatic rings. The van der Waals surface area contributed by atoms with Crippen molar-refractivity contribution in [3.63, 3.8) is 0 Å². The first-order valence-corrected chi connectivity index (χ1v) is 7.33. The van der Waals surface area contributed by atoms with Gasteiger partial charge >= 0.3 is 0 Å². The summed E-state index contributed by atoms with van der Waals surface area (Å²) in [5.41, 5.74) is 3.37. The maximum Gasteiger partial charge on any atom is 0.125 e. The molecule has 0 fully saturated rings. The molecule has 0 aliphatic heterocycles. The molecule has 0 bridgehead atoms. The zero-order valence-electron chi connectivity index (χ0n) is 11.1. The normalized spacial score (nSPS) is 10.7. The molecule has 0 unspecified atom stereocenters. The van der Waals surface area contributed by atoms with E-state index in [1.807, 2.05) is 41.0 Å². The zero-order chi connectivity index (χ0) is 14.8. The molecule has 3 nitrogen and oxygen atoms in total. The van der Waals surface area contributed by atoms with Crippen LogP contribution in [-0.4, -0.2) is 9.55 Å². The average molecular weight is 316 g/mol. The number of imidazole rings is 1. The van der Waals surface area contributed by atoms with Crippen molar-refractivity contribution in [1.82, 2.24) is 9.55 Å². The fourth-order valence-corrected chi connectivity index (χ4v) is 2.78. The van der Waals surface area contributed by atoms with Crippen molar-refractivity contribution in [2.75, 3.05) is 0 Å². The van der Waals surface area contributed by atoms with Gasteiger partial charge in [0.05, 0.1) is 28.1 Å². The van der Waals surface area contributed by atoms with E-state index in [0.717, 1.165) is 22.4 Å². The number of fused-ring (bicyclic) bond motifs is 1. The van der Waals surface area contributed by atoms with Crippen molar-refractivity contribution in [2.45, 2.75) is 12.4 Å². The molecule has 0 N–H and O–H groups in total. The van der Waals surface area contributed by atoms with Gasteiger partial charge in [0.15, 0.2) is 0 Å². The van der Waals surface area contributed by atoms with Crippen LogP contribution >= 0.6 is 23.2 Å². The van der Waals surface area contributed by atoms with Crippen LogP contribution in [0.4, 0.5) is 0 Å². The Hall–Kier alpha value is -2.02. The standard InChI is InChI=1S/C16H11Cl2N3/c17-8-15-20-16-13(18)5-2-6-14(16)21(15)10-12-4-1-3-11(7-12)9-19/h1-7H,8,10H2. The second kappa shape index (κ2) is 5.77. The van der Waals surface area contributed by atoms with Crippen molar-refractivity contribution < 1.29 is 0 Å². The van der Waals surface area contributed by atoms with E-state index in [1.54, 1.807) is 6.07 Å². The minimum absolute atomic E-state index is 0.308. The Balaban J connectivity index is 2.11. The second-order valence-corrected chi connectivity index (χ2v) is 5.34. The number of benzene rings is 2. The molecule has 21 heavy (non-hydrogen) atoms. The van der Waals surface area contributed by atoms with Crippen LogP contribution in [0.2, 0.25) is 5.02 Å². The summed E-state index contributed by atoms with van der Waals surface area (Å²) in [6.07, 6.45) is 0. The van der Waals surface area contributed by atoms with Crippen molar-refractivity contribution in [2.24, 2.45) is 0 Å². The fourth-order valence-electron chi connectivity index (χ4n) is 2.36. The van der Waals surface area contributed by atoms with Gasteiger partial charge in [-0.15, -0.1) is 11.6 Å². The topological polar surface area (TPSA) is 41.6 Å². The molecular weight excluding hydrogens is 305 g/mol. The minimum atomic E-state index is 0.308. The molecule has 0 spiro atoms. The fraction of sp³-hybridized carbons (Fsp3) is 0.125. The SMILES string of the molecule is N#Cc1cccc(Cn2c(CCl)nc3c(Cl)cccc32)c1. The molecule has 2 aromatic carbocycles. The molecule has 0 saturated heterocycles. The summed E-state index contributed by atoms with van der Waals surface area (Å²) in [7, 11) is 0. The number of hydrogen-bond acceptors (Lipinski definition) is 2. The largest absolute Gasteiger partial charge is 0.322 e. The number of alkyl halides is 1. The van der Waals surface area contributed by atoms with Crippen molar-refractivity contribution in [3.8, 4) is 6.07 Å². The molecule has 0 saturated carbocycles. The summed E-state index contributed by atoms with van der Waals surface area (Å²) in [6, 6.07) is 15.3. The lowest BCUT2D eigenvalue weighted by atomic mass is 10.1. The third kappa shape index (κ3) is 2.61. The monoisotopic (exact) mass is 315 g/mol. The summed E-state index contributed by atoms with van der Waals surface area (Å²) in [5, 5.41) is 9.60. The smallest absolute Gasteiger partial charge is 0.125 e. The number of para-hydroxylation sites is 1. The van der Waals surface area contributed by atoms with Crippen LogP contribution in [-0.2, 0) is 12.4 Å². The van der Waals surface area contributed by atoms with Gasteiger partial charge in [-0.1, -0.05) is 29.8 Å². The van der Waals surface area contributed by atoms with E-state index in [9.17, 15) is 0 Å². The number of rotatable bonds is 3. The molecule has 3 rings (SSSR count). The Morgan fingerprint density at radius 3 is 2.76 bits per heavy atom. The van der Waals surface area contributed by atoms with Gasteiger partial charge in [-0.25, -0.2) is 4.98 Å². The van der Waals surface area contributed by atoms with Gasteiger partial charge in [0.1, 0.15) is 11.3 Å². The van der Waals surface area contributed by atoms with Crippen molar-refractivity contribution in [3.05, 3.63) is 64.4 Å². The first kappa shape index (κ1) is 13.9. The molecule has 0 amide bonds. The number of halogens is 2. The highest BCUT2D eigenvalue weighted by molar-refractivity contribution is 6.35. The van der Waals surface area contributed by atoms with Crippen molar-refractivity contribution in [1.29, 1.82) is 5.26 Å². The predicted molar refractivity (Wildman–Crippen MR) is 84.6 cm³/mol. The summed E-state index contributed by atoms with van der Waals surface area (Å²) in [4.78, 5) is 4.50. The maximum absolute atomic E-state index is 8.99. The Morgan fingerprint density at radius 2 is 2.00 bits per heavy atom. The third-order valence-corrected chi connectivity index (χ3v) is 3.87. The molecule has 0 aliphatic rings. The van der Waals surface area contributed by atoms with Gasteiger partial charge in [0.2, 0.25) is 0 Å². The van der Waals surface area contributed by atoms with Crippen LogP contribution < -0.4 is 0 Å². The van der Waals surface area contributed by atoms with Crippen LogP contribution in [0.1, 0.15) is 17.0 Å². The number of nitrogens with zero attached hydrogens (tertiary/aromatic N) is 3. The maximum atomic E-state index is 8.99. The van der Waals surface area contributed by atoms with Crippen LogP contribution in [0, 0.1) is 11.3 Å². The van der Waals surface area contributed by atoms with Crippen LogP contribution in [0.5, 0.6) is 0 Å². The van der Waals surface area contributed by atoms with Crippen LogP contribution in [0.15, 0.2) is 42.5 Å². The summed E-state index contributed by atoms with van der Waals surface area (Å²) in [5.74, 6) is 1.07. The number of nitriles is 1. The van der Waals surface area contributed by atoms with E-state index >= 15 is 0 Å². The van der Waals surface area contributed by atoms with Crippen LogP contribution in [0.3, 0.4) is 0 Å². The Bertz CT molecular complexity index is 846. The minimum Gasteiger partial charge on any atom is -0.322 e. The molecule has 0 aliphatic carbocycles. The zero-order valence-corrected chi connectivity index (χ0v) is 12.6. The second-order valence-electron chi connectivity index (χ2n) is 4.67. The quantitative estimate of drug-likeness (QED) is 0.674. The molecule has 104 valence electrons. The average Bonchev–Trinajstić information content (AvgIpc) is 2.87. The molecule has 0 atom stereocenters. The highest BCUT2D eigenvalue weighted by Crippen LogP contribution is 2.25. The van der Waals surface area contributed by atoms with E-state index < -0.39 is 0 Å². The number of aromatic nitrogens is 2. The van der Waals surface area contributed by atoms with Gasteiger partial charge in [-0.2, -0.15) is 5.26 Å². The Morgan fingerprint density at radius 1 is 1.19 bits per heavy atom. The van der Waals surface area contributed by atoms with E-state index in [-0.39, 0.29) is 0 Å². The van der Waals surface area contributed by atoms with E-state index in [0.29, 0.717) is 23.0 Å². The highest BCUT2D eigenvalue weighted by Gasteiger charge is 2.12.